The van der Waals surface area contributed by atoms with Gasteiger partial charge in [-0.3, -0.25) is 19.6 Å². The van der Waals surface area contributed by atoms with Gasteiger partial charge in [0.15, 0.2) is 0 Å². The average molecular weight is 445 g/mol. The van der Waals surface area contributed by atoms with E-state index in [2.05, 4.69) is 17.2 Å². The fourth-order valence-electron chi connectivity index (χ4n) is 2.82. The molecule has 2 rings (SSSR count). The van der Waals surface area contributed by atoms with Crippen molar-refractivity contribution in [2.45, 2.75) is 31.9 Å². The van der Waals surface area contributed by atoms with Crippen LogP contribution in [0.2, 0.25) is 0 Å². The van der Waals surface area contributed by atoms with Crippen LogP contribution in [0.25, 0.3) is 0 Å². The predicted octanol–water partition coefficient (Wildman–Crippen LogP) is 1.56. The highest BCUT2D eigenvalue weighted by Crippen LogP contribution is 2.21. The van der Waals surface area contributed by atoms with Crippen LogP contribution in [0.5, 0.6) is 5.75 Å². The van der Waals surface area contributed by atoms with Crippen molar-refractivity contribution in [2.75, 3.05) is 0 Å². The maximum absolute atomic E-state index is 13.7. The van der Waals surface area contributed by atoms with Gasteiger partial charge in [0.2, 0.25) is 5.91 Å². The van der Waals surface area contributed by atoms with E-state index in [1.807, 2.05) is 5.32 Å². The van der Waals surface area contributed by atoms with Gasteiger partial charge in [0.1, 0.15) is 17.3 Å². The first-order chi connectivity index (χ1) is 15.1. The van der Waals surface area contributed by atoms with E-state index in [1.54, 1.807) is 18.2 Å². The van der Waals surface area contributed by atoms with E-state index in [1.165, 1.54) is 35.8 Å². The van der Waals surface area contributed by atoms with Crippen molar-refractivity contribution in [3.05, 3.63) is 65.2 Å². The first-order valence-corrected chi connectivity index (χ1v) is 9.30. The van der Waals surface area contributed by atoms with Crippen LogP contribution >= 0.6 is 0 Å². The molecule has 0 saturated heterocycles. The fraction of sp³-hybridized carbons (Fsp3) is 0.227. The number of hydrogen-bond acceptors (Lipinski definition) is 5. The van der Waals surface area contributed by atoms with Gasteiger partial charge in [-0.05, 0) is 43.3 Å². The molecule has 0 aliphatic carbocycles. The zero-order valence-corrected chi connectivity index (χ0v) is 17.1. The summed E-state index contributed by atoms with van der Waals surface area (Å²) in [6, 6.07) is 10.2. The maximum atomic E-state index is 13.7. The number of nitrogens with one attached hydrogen (secondary N) is 3. The van der Waals surface area contributed by atoms with E-state index in [4.69, 9.17) is 5.21 Å². The van der Waals surface area contributed by atoms with Crippen molar-refractivity contribution in [1.82, 2.24) is 16.1 Å². The van der Waals surface area contributed by atoms with Gasteiger partial charge in [-0.25, -0.2) is 14.3 Å². The van der Waals surface area contributed by atoms with Crippen molar-refractivity contribution in [2.24, 2.45) is 0 Å². The summed E-state index contributed by atoms with van der Waals surface area (Å²) in [6.45, 7) is 1.85. The molecule has 2 aromatic carbocycles. The molecule has 0 fully saturated rings. The number of halogens is 2. The molecule has 3 amide bonds. The SMILES string of the molecule is CC(=O)NC(C)(C(F)F)[C@H](NC(=O)c1ccc(C#Cc2ccccc2O)cc1)C(=O)NO. The summed E-state index contributed by atoms with van der Waals surface area (Å²) in [5, 5.41) is 22.7. The number of benzene rings is 2. The Morgan fingerprint density at radius 1 is 1.03 bits per heavy atom. The molecule has 0 heterocycles. The Morgan fingerprint density at radius 2 is 1.66 bits per heavy atom. The lowest BCUT2D eigenvalue weighted by molar-refractivity contribution is -0.137. The fourth-order valence-corrected chi connectivity index (χ4v) is 2.82. The number of amides is 3. The molecule has 8 nitrogen and oxygen atoms in total. The summed E-state index contributed by atoms with van der Waals surface area (Å²) in [7, 11) is 0. The predicted molar refractivity (Wildman–Crippen MR) is 110 cm³/mol. The third kappa shape index (κ3) is 5.80. The molecule has 2 aromatic rings. The molecule has 5 N–H and O–H groups in total. The summed E-state index contributed by atoms with van der Waals surface area (Å²) < 4.78 is 27.4. The lowest BCUT2D eigenvalue weighted by atomic mass is 9.91. The number of alkyl halides is 2. The van der Waals surface area contributed by atoms with Crippen LogP contribution in [0.4, 0.5) is 8.78 Å². The number of carbonyl (C=O) groups is 3. The minimum Gasteiger partial charge on any atom is -0.507 e. The molecule has 0 bridgehead atoms. The molecule has 0 radical (unpaired) electrons. The standard InChI is InChI=1S/C22H21F2N3O5/c1-13(28)26-22(2,21(23)24)18(20(31)27-32)25-19(30)16-11-8-14(9-12-16)7-10-15-5-3-4-6-17(15)29/h3-6,8-9,11-12,18,21,29,32H,1-2H3,(H,25,30)(H,26,28)(H,27,31)/t18-,22?/m1/s1. The lowest BCUT2D eigenvalue weighted by Crippen LogP contribution is -2.68. The minimum atomic E-state index is -3.25. The number of aromatic hydroxyl groups is 1. The van der Waals surface area contributed by atoms with Gasteiger partial charge < -0.3 is 15.7 Å². The smallest absolute Gasteiger partial charge is 0.268 e. The summed E-state index contributed by atoms with van der Waals surface area (Å²) in [5.74, 6) is 2.53. The summed E-state index contributed by atoms with van der Waals surface area (Å²) >= 11 is 0. The van der Waals surface area contributed by atoms with Gasteiger partial charge in [-0.1, -0.05) is 24.0 Å². The van der Waals surface area contributed by atoms with Gasteiger partial charge in [0.05, 0.1) is 5.56 Å². The van der Waals surface area contributed by atoms with Gasteiger partial charge in [-0.2, -0.15) is 0 Å². The Hall–Kier alpha value is -3.97. The highest BCUT2D eigenvalue weighted by Gasteiger charge is 2.48. The second-order valence-corrected chi connectivity index (χ2v) is 6.99. The number of hydroxylamine groups is 1. The summed E-state index contributed by atoms with van der Waals surface area (Å²) in [6.07, 6.45) is -3.25. The number of phenolic OH excluding ortho intramolecular Hbond substituents is 1. The number of hydrogen-bond donors (Lipinski definition) is 5. The second-order valence-electron chi connectivity index (χ2n) is 6.99. The van der Waals surface area contributed by atoms with Crippen molar-refractivity contribution in [3.8, 4) is 17.6 Å². The maximum Gasteiger partial charge on any atom is 0.268 e. The molecular formula is C22H21F2N3O5. The van der Waals surface area contributed by atoms with Gasteiger partial charge in [0.25, 0.3) is 18.2 Å². The van der Waals surface area contributed by atoms with E-state index in [9.17, 15) is 28.3 Å². The van der Waals surface area contributed by atoms with Crippen LogP contribution in [0.3, 0.4) is 0 Å². The van der Waals surface area contributed by atoms with Gasteiger partial charge in [-0.15, -0.1) is 0 Å². The first-order valence-electron chi connectivity index (χ1n) is 9.30. The monoisotopic (exact) mass is 445 g/mol. The van der Waals surface area contributed by atoms with E-state index < -0.39 is 35.7 Å². The number of rotatable bonds is 6. The Balaban J connectivity index is 2.24. The van der Waals surface area contributed by atoms with Crippen molar-refractivity contribution >= 4 is 17.7 Å². The zero-order chi connectivity index (χ0) is 23.9. The topological polar surface area (TPSA) is 128 Å². The van der Waals surface area contributed by atoms with Gasteiger partial charge in [0, 0.05) is 18.1 Å². The quantitative estimate of drug-likeness (QED) is 0.262. The van der Waals surface area contributed by atoms with Crippen molar-refractivity contribution in [1.29, 1.82) is 0 Å². The third-order valence-electron chi connectivity index (χ3n) is 4.54. The Bertz CT molecular complexity index is 1060. The van der Waals surface area contributed by atoms with Crippen molar-refractivity contribution in [3.63, 3.8) is 0 Å². The molecule has 0 aliphatic heterocycles. The largest absolute Gasteiger partial charge is 0.507 e. The normalized spacial score (nSPS) is 13.2. The van der Waals surface area contributed by atoms with Crippen molar-refractivity contribution < 1.29 is 33.5 Å². The minimum absolute atomic E-state index is 0.0189. The van der Waals surface area contributed by atoms with E-state index in [-0.39, 0.29) is 11.3 Å². The Kier molecular flexibility index (Phi) is 7.87. The van der Waals surface area contributed by atoms with Crippen LogP contribution in [0.1, 0.15) is 35.3 Å². The molecule has 10 heteroatoms. The van der Waals surface area contributed by atoms with Crippen LogP contribution in [-0.4, -0.2) is 46.0 Å². The van der Waals surface area contributed by atoms with E-state index in [0.29, 0.717) is 11.1 Å². The van der Waals surface area contributed by atoms with Gasteiger partial charge >= 0.3 is 0 Å². The molecule has 0 aromatic heterocycles. The molecule has 0 saturated carbocycles. The Morgan fingerprint density at radius 3 is 2.19 bits per heavy atom. The van der Waals surface area contributed by atoms with Crippen LogP contribution in [0.15, 0.2) is 48.5 Å². The number of phenols is 1. The van der Waals surface area contributed by atoms with E-state index >= 15 is 0 Å². The average Bonchev–Trinajstić information content (AvgIpc) is 2.75. The molecule has 0 spiro atoms. The molecule has 1 unspecified atom stereocenters. The second kappa shape index (κ2) is 10.4. The molecular weight excluding hydrogens is 424 g/mol. The first kappa shape index (κ1) is 24.3. The molecule has 168 valence electrons. The number of carbonyl (C=O) groups excluding carboxylic acids is 3. The molecule has 0 aliphatic rings. The summed E-state index contributed by atoms with van der Waals surface area (Å²) in [5.41, 5.74) is -0.324. The van der Waals surface area contributed by atoms with Crippen LogP contribution in [-0.2, 0) is 9.59 Å². The zero-order valence-electron chi connectivity index (χ0n) is 17.1. The Labute approximate surface area is 182 Å². The van der Waals surface area contributed by atoms with Crippen LogP contribution < -0.4 is 16.1 Å². The highest BCUT2D eigenvalue weighted by atomic mass is 19.3. The van der Waals surface area contributed by atoms with Crippen LogP contribution in [0, 0.1) is 11.8 Å². The molecule has 32 heavy (non-hydrogen) atoms. The molecule has 2 atom stereocenters. The number of para-hydroxylation sites is 1. The highest BCUT2D eigenvalue weighted by molar-refractivity contribution is 5.98. The third-order valence-corrected chi connectivity index (χ3v) is 4.54. The lowest BCUT2D eigenvalue weighted by Gasteiger charge is -2.36. The summed E-state index contributed by atoms with van der Waals surface area (Å²) in [4.78, 5) is 36.0. The van der Waals surface area contributed by atoms with E-state index in [0.717, 1.165) is 13.8 Å².